The lowest BCUT2D eigenvalue weighted by atomic mass is 9.91. The van der Waals surface area contributed by atoms with Crippen LogP contribution in [0.5, 0.6) is 0 Å². The normalized spacial score (nSPS) is 21.8. The average Bonchev–Trinajstić information content (AvgIpc) is 3.32. The average molecular weight is 355 g/mol. The lowest BCUT2D eigenvalue weighted by molar-refractivity contribution is -0.138. The van der Waals surface area contributed by atoms with E-state index in [-0.39, 0.29) is 24.2 Å². The number of hydrogen-bond donors (Lipinski definition) is 1. The molecule has 0 aromatic carbocycles. The van der Waals surface area contributed by atoms with Crippen molar-refractivity contribution in [1.82, 2.24) is 24.9 Å². The predicted octanol–water partition coefficient (Wildman–Crippen LogP) is 1.03. The third-order valence-electron chi connectivity index (χ3n) is 5.33. The maximum atomic E-state index is 13.0. The second-order valence-corrected chi connectivity index (χ2v) is 7.18. The molecule has 8 heteroatoms. The van der Waals surface area contributed by atoms with Crippen LogP contribution in [0.1, 0.15) is 46.1 Å². The minimum Gasteiger partial charge on any atom is -0.481 e. The summed E-state index contributed by atoms with van der Waals surface area (Å²) in [7, 11) is 1.77. The number of aromatic nitrogens is 4. The molecule has 0 bridgehead atoms. The Morgan fingerprint density at radius 1 is 1.31 bits per heavy atom. The molecule has 2 aromatic rings. The lowest BCUT2D eigenvalue weighted by Gasteiger charge is -2.16. The number of carboxylic acids is 1. The molecule has 1 amide bonds. The van der Waals surface area contributed by atoms with Gasteiger partial charge in [-0.05, 0) is 36.8 Å². The standard InChI is InChI=1S/C18H21N5O3/c1-22-10-16(20-21-22)14-9-23(8-13(14)6-17(24)25)18(26)12-5-11-3-2-4-15(11)19-7-12/h5,7,10,13-14H,2-4,6,8-9H2,1H3,(H,24,25)/t13-,14+/m0/s1. The molecule has 136 valence electrons. The molecule has 0 unspecified atom stereocenters. The Balaban J connectivity index is 1.56. The quantitative estimate of drug-likeness (QED) is 0.879. The van der Waals surface area contributed by atoms with Gasteiger partial charge < -0.3 is 10.0 Å². The zero-order valence-electron chi connectivity index (χ0n) is 14.6. The van der Waals surface area contributed by atoms with E-state index in [0.29, 0.717) is 18.7 Å². The number of amides is 1. The topological polar surface area (TPSA) is 101 Å². The molecule has 26 heavy (non-hydrogen) atoms. The molecule has 0 radical (unpaired) electrons. The summed E-state index contributed by atoms with van der Waals surface area (Å²) in [6.07, 6.45) is 6.47. The van der Waals surface area contributed by atoms with E-state index in [1.165, 1.54) is 0 Å². The van der Waals surface area contributed by atoms with Crippen molar-refractivity contribution < 1.29 is 14.7 Å². The molecule has 2 atom stereocenters. The number of carbonyl (C=O) groups is 2. The molecule has 4 rings (SSSR count). The van der Waals surface area contributed by atoms with Crippen molar-refractivity contribution in [3.8, 4) is 0 Å². The fraction of sp³-hybridized carbons (Fsp3) is 0.500. The van der Waals surface area contributed by atoms with Crippen molar-refractivity contribution in [2.45, 2.75) is 31.6 Å². The first-order valence-electron chi connectivity index (χ1n) is 8.86. The van der Waals surface area contributed by atoms with Gasteiger partial charge in [0.1, 0.15) is 0 Å². The molecule has 2 aromatic heterocycles. The minimum atomic E-state index is -0.864. The number of fused-ring (bicyclic) bond motifs is 1. The van der Waals surface area contributed by atoms with Gasteiger partial charge >= 0.3 is 5.97 Å². The fourth-order valence-electron chi connectivity index (χ4n) is 4.06. The van der Waals surface area contributed by atoms with Gasteiger partial charge in [0, 0.05) is 44.1 Å². The maximum Gasteiger partial charge on any atom is 0.303 e. The Morgan fingerprint density at radius 2 is 2.15 bits per heavy atom. The van der Waals surface area contributed by atoms with E-state index in [1.807, 2.05) is 6.07 Å². The zero-order valence-corrected chi connectivity index (χ0v) is 14.6. The minimum absolute atomic E-state index is 0.00740. The van der Waals surface area contributed by atoms with E-state index in [1.54, 1.807) is 29.0 Å². The van der Waals surface area contributed by atoms with Crippen molar-refractivity contribution in [3.63, 3.8) is 0 Å². The Hall–Kier alpha value is -2.77. The monoisotopic (exact) mass is 355 g/mol. The van der Waals surface area contributed by atoms with Crippen LogP contribution < -0.4 is 0 Å². The van der Waals surface area contributed by atoms with Gasteiger partial charge in [0.05, 0.1) is 17.7 Å². The van der Waals surface area contributed by atoms with Crippen LogP contribution in [0.2, 0.25) is 0 Å². The largest absolute Gasteiger partial charge is 0.481 e. The van der Waals surface area contributed by atoms with Gasteiger partial charge in [-0.1, -0.05) is 5.21 Å². The number of pyridine rings is 1. The predicted molar refractivity (Wildman–Crippen MR) is 91.7 cm³/mol. The summed E-state index contributed by atoms with van der Waals surface area (Å²) in [6, 6.07) is 1.94. The Bertz CT molecular complexity index is 862. The van der Waals surface area contributed by atoms with Gasteiger partial charge in [-0.15, -0.1) is 5.10 Å². The van der Waals surface area contributed by atoms with Crippen LogP contribution in [0.25, 0.3) is 0 Å². The highest BCUT2D eigenvalue weighted by molar-refractivity contribution is 5.94. The van der Waals surface area contributed by atoms with Crippen molar-refractivity contribution >= 4 is 11.9 Å². The van der Waals surface area contributed by atoms with Crippen LogP contribution in [0, 0.1) is 5.92 Å². The van der Waals surface area contributed by atoms with E-state index < -0.39 is 5.97 Å². The van der Waals surface area contributed by atoms with Crippen LogP contribution in [0.3, 0.4) is 0 Å². The smallest absolute Gasteiger partial charge is 0.303 e. The summed E-state index contributed by atoms with van der Waals surface area (Å²) >= 11 is 0. The first-order valence-corrected chi connectivity index (χ1v) is 8.86. The number of rotatable bonds is 4. The molecule has 1 aliphatic carbocycles. The third-order valence-corrected chi connectivity index (χ3v) is 5.33. The summed E-state index contributed by atoms with van der Waals surface area (Å²) in [4.78, 5) is 30.4. The van der Waals surface area contributed by atoms with Crippen LogP contribution in [0.4, 0.5) is 0 Å². The van der Waals surface area contributed by atoms with Crippen molar-refractivity contribution in [2.24, 2.45) is 13.0 Å². The second kappa shape index (κ2) is 6.51. The van der Waals surface area contributed by atoms with Gasteiger partial charge in [-0.3, -0.25) is 19.3 Å². The highest BCUT2D eigenvalue weighted by atomic mass is 16.4. The van der Waals surface area contributed by atoms with Crippen molar-refractivity contribution in [1.29, 1.82) is 0 Å². The summed E-state index contributed by atoms with van der Waals surface area (Å²) < 4.78 is 1.60. The molecular weight excluding hydrogens is 334 g/mol. The first kappa shape index (κ1) is 16.7. The van der Waals surface area contributed by atoms with Gasteiger partial charge in [0.25, 0.3) is 5.91 Å². The van der Waals surface area contributed by atoms with E-state index in [2.05, 4.69) is 15.3 Å². The Morgan fingerprint density at radius 3 is 2.88 bits per heavy atom. The second-order valence-electron chi connectivity index (χ2n) is 7.18. The van der Waals surface area contributed by atoms with Crippen LogP contribution in [-0.2, 0) is 24.7 Å². The molecule has 1 N–H and O–H groups in total. The summed E-state index contributed by atoms with van der Waals surface area (Å²) in [5.41, 5.74) is 3.56. The highest BCUT2D eigenvalue weighted by Gasteiger charge is 2.39. The maximum absolute atomic E-state index is 13.0. The van der Waals surface area contributed by atoms with Crippen molar-refractivity contribution in [3.05, 3.63) is 41.0 Å². The highest BCUT2D eigenvalue weighted by Crippen LogP contribution is 2.34. The summed E-state index contributed by atoms with van der Waals surface area (Å²) in [5.74, 6) is -1.24. The molecule has 8 nitrogen and oxygen atoms in total. The zero-order chi connectivity index (χ0) is 18.3. The molecule has 3 heterocycles. The SMILES string of the molecule is Cn1cc([C@@H]2CN(C(=O)c3cnc4c(c3)CCC4)C[C@@H]2CC(=O)O)nn1. The van der Waals surface area contributed by atoms with E-state index in [0.717, 1.165) is 36.2 Å². The molecular formula is C18H21N5O3. The molecule has 0 saturated carbocycles. The van der Waals surface area contributed by atoms with Gasteiger partial charge in [0.2, 0.25) is 0 Å². The van der Waals surface area contributed by atoms with E-state index in [4.69, 9.17) is 0 Å². The summed E-state index contributed by atoms with van der Waals surface area (Å²) in [5, 5.41) is 17.3. The molecule has 2 aliphatic rings. The van der Waals surface area contributed by atoms with Crippen LogP contribution in [0.15, 0.2) is 18.5 Å². The lowest BCUT2D eigenvalue weighted by Crippen LogP contribution is -2.29. The molecule has 0 spiro atoms. The molecule has 1 aliphatic heterocycles. The van der Waals surface area contributed by atoms with Gasteiger partial charge in [-0.25, -0.2) is 0 Å². The van der Waals surface area contributed by atoms with Crippen LogP contribution >= 0.6 is 0 Å². The van der Waals surface area contributed by atoms with Crippen LogP contribution in [-0.4, -0.2) is 55.0 Å². The number of hydrogen-bond acceptors (Lipinski definition) is 5. The number of aryl methyl sites for hydroxylation is 3. The molecule has 1 saturated heterocycles. The molecule has 1 fully saturated rings. The fourth-order valence-corrected chi connectivity index (χ4v) is 4.06. The number of carbonyl (C=O) groups excluding carboxylic acids is 1. The number of likely N-dealkylation sites (tertiary alicyclic amines) is 1. The first-order chi connectivity index (χ1) is 12.5. The van der Waals surface area contributed by atoms with E-state index in [9.17, 15) is 14.7 Å². The number of nitrogens with zero attached hydrogens (tertiary/aromatic N) is 5. The Labute approximate surface area is 150 Å². The third kappa shape index (κ3) is 3.07. The summed E-state index contributed by atoms with van der Waals surface area (Å²) in [6.45, 7) is 0.857. The van der Waals surface area contributed by atoms with Crippen molar-refractivity contribution in [2.75, 3.05) is 13.1 Å². The number of aliphatic carboxylic acids is 1. The van der Waals surface area contributed by atoms with E-state index >= 15 is 0 Å². The van der Waals surface area contributed by atoms with Gasteiger partial charge in [0.15, 0.2) is 0 Å². The van der Waals surface area contributed by atoms with Gasteiger partial charge in [-0.2, -0.15) is 0 Å². The number of carboxylic acid groups (broad SMARTS) is 1. The Kier molecular flexibility index (Phi) is 4.18.